The summed E-state index contributed by atoms with van der Waals surface area (Å²) in [5.41, 5.74) is 12.4. The number of aryl methyl sites for hydroxylation is 1. The van der Waals surface area contributed by atoms with Crippen molar-refractivity contribution in [3.63, 3.8) is 0 Å². The highest BCUT2D eigenvalue weighted by Gasteiger charge is 2.35. The topological polar surface area (TPSA) is 107 Å². The van der Waals surface area contributed by atoms with Gasteiger partial charge >= 0.3 is 0 Å². The van der Waals surface area contributed by atoms with Crippen molar-refractivity contribution in [3.8, 4) is 17.1 Å². The van der Waals surface area contributed by atoms with E-state index < -0.39 is 6.17 Å². The number of halogens is 1. The second kappa shape index (κ2) is 11.2. The van der Waals surface area contributed by atoms with E-state index in [1.807, 2.05) is 11.8 Å². The second-order valence-corrected chi connectivity index (χ2v) is 12.7. The third kappa shape index (κ3) is 5.01. The van der Waals surface area contributed by atoms with Crippen molar-refractivity contribution in [1.82, 2.24) is 24.0 Å². The number of amides is 2. The van der Waals surface area contributed by atoms with Gasteiger partial charge in [0.25, 0.3) is 5.91 Å². The number of fused-ring (bicyclic) bond motifs is 2. The number of nitrogens with zero attached hydrogens (tertiary/aromatic N) is 5. The number of carbonyl (C=O) groups excluding carboxylic acids is 2. The Morgan fingerprint density at radius 1 is 1.07 bits per heavy atom. The van der Waals surface area contributed by atoms with Crippen LogP contribution in [0.1, 0.15) is 46.7 Å². The average molecular weight is 603 g/mol. The minimum Gasteiger partial charge on any atom is -0.494 e. The van der Waals surface area contributed by atoms with Crippen molar-refractivity contribution in [2.24, 2.45) is 11.7 Å². The quantitative estimate of drug-likeness (QED) is 0.329. The number of pyridine rings is 1. The van der Waals surface area contributed by atoms with Gasteiger partial charge in [-0.25, -0.2) is 8.91 Å². The molecule has 4 aromatic rings. The maximum Gasteiger partial charge on any atom is 0.255 e. The molecule has 5 heterocycles. The minimum atomic E-state index is -1.14. The van der Waals surface area contributed by atoms with E-state index in [1.54, 1.807) is 31.0 Å². The van der Waals surface area contributed by atoms with Gasteiger partial charge in [-0.3, -0.25) is 9.59 Å². The number of ether oxygens (including phenoxy) is 2. The summed E-state index contributed by atoms with van der Waals surface area (Å²) in [5.74, 6) is 1.13. The summed E-state index contributed by atoms with van der Waals surface area (Å²) in [6, 6.07) is 9.95. The Hall–Kier alpha value is -3.96. The molecular weight excluding hydrogens is 563 g/mol. The summed E-state index contributed by atoms with van der Waals surface area (Å²) in [7, 11) is 3.13. The summed E-state index contributed by atoms with van der Waals surface area (Å²) >= 11 is 0. The highest BCUT2D eigenvalue weighted by atomic mass is 19.1. The number of likely N-dealkylation sites (tertiary alicyclic amines) is 2. The Labute approximate surface area is 255 Å². The number of benzene rings is 1. The van der Waals surface area contributed by atoms with E-state index in [2.05, 4.69) is 28.8 Å². The smallest absolute Gasteiger partial charge is 0.255 e. The van der Waals surface area contributed by atoms with Gasteiger partial charge in [0.2, 0.25) is 5.91 Å². The largest absolute Gasteiger partial charge is 0.494 e. The fraction of sp³-hybridized carbons (Fsp3) is 0.485. The number of aromatic nitrogens is 3. The van der Waals surface area contributed by atoms with Gasteiger partial charge < -0.3 is 29.6 Å². The maximum absolute atomic E-state index is 14.3. The molecule has 2 N–H and O–H groups in total. The number of hydrogen-bond acceptors (Lipinski definition) is 6. The molecule has 1 saturated carbocycles. The Bertz CT molecular complexity index is 1740. The molecular formula is C33H39FN6O4. The molecule has 2 atom stereocenters. The molecule has 0 bridgehead atoms. The van der Waals surface area contributed by atoms with Gasteiger partial charge in [0.05, 0.1) is 30.4 Å². The standard InChI is InChI=1S/C33H39FN6O4/c1-19-30(36-40-15-22(10-28(44-3)31(19)40)33(42)38-16-24(34)11-25(35)17-38)27-9-21-5-4-6-26(32(21)39(27)12-20-7-8-20)23-13-37(14-23)29(41)18-43-2/h4-6,9-10,15,20,23-25H,7-8,11-14,16-18,35H2,1-3H3/t24-,25-/m1/s1. The Morgan fingerprint density at radius 2 is 1.86 bits per heavy atom. The predicted molar refractivity (Wildman–Crippen MR) is 165 cm³/mol. The Balaban J connectivity index is 1.30. The fourth-order valence-corrected chi connectivity index (χ4v) is 6.95. The normalized spacial score (nSPS) is 20.8. The summed E-state index contributed by atoms with van der Waals surface area (Å²) in [4.78, 5) is 29.2. The van der Waals surface area contributed by atoms with Gasteiger partial charge in [-0.15, -0.1) is 0 Å². The molecule has 11 heteroatoms. The van der Waals surface area contributed by atoms with Crippen LogP contribution < -0.4 is 10.5 Å². The number of hydrogen-bond donors (Lipinski definition) is 1. The molecule has 3 aliphatic rings. The summed E-state index contributed by atoms with van der Waals surface area (Å²) in [5, 5.41) is 6.18. The van der Waals surface area contributed by atoms with Crippen LogP contribution in [0.4, 0.5) is 4.39 Å². The number of alkyl halides is 1. The van der Waals surface area contributed by atoms with Crippen molar-refractivity contribution in [1.29, 1.82) is 0 Å². The second-order valence-electron chi connectivity index (χ2n) is 12.7. The SMILES string of the molecule is COCC(=O)N1CC(c2cccc3cc(-c4nn5cc(C(=O)N6C[C@H](N)C[C@@H](F)C6)cc(OC)c5c4C)n(CC4CC4)c23)C1. The van der Waals surface area contributed by atoms with E-state index in [4.69, 9.17) is 20.3 Å². The van der Waals surface area contributed by atoms with E-state index in [-0.39, 0.29) is 43.3 Å². The molecule has 0 radical (unpaired) electrons. The van der Waals surface area contributed by atoms with Crippen LogP contribution in [0.15, 0.2) is 36.5 Å². The van der Waals surface area contributed by atoms with Crippen molar-refractivity contribution < 1.29 is 23.5 Å². The Morgan fingerprint density at radius 3 is 2.57 bits per heavy atom. The third-order valence-corrected chi connectivity index (χ3v) is 9.39. The van der Waals surface area contributed by atoms with Crippen LogP contribution in [0.3, 0.4) is 0 Å². The molecule has 44 heavy (non-hydrogen) atoms. The lowest BCUT2D eigenvalue weighted by molar-refractivity contribution is -0.139. The van der Waals surface area contributed by atoms with Gasteiger partial charge in [0, 0.05) is 62.4 Å². The van der Waals surface area contributed by atoms with E-state index >= 15 is 0 Å². The fourth-order valence-electron chi connectivity index (χ4n) is 6.95. The molecule has 3 aromatic heterocycles. The predicted octanol–water partition coefficient (Wildman–Crippen LogP) is 3.77. The van der Waals surface area contributed by atoms with Crippen LogP contribution in [0.2, 0.25) is 0 Å². The average Bonchev–Trinajstić information content (AvgIpc) is 3.63. The molecule has 0 unspecified atom stereocenters. The first-order valence-corrected chi connectivity index (χ1v) is 15.4. The molecule has 232 valence electrons. The van der Waals surface area contributed by atoms with Gasteiger partial charge in [-0.05, 0) is 49.8 Å². The molecule has 2 saturated heterocycles. The number of carbonyl (C=O) groups is 2. The zero-order chi connectivity index (χ0) is 30.7. The molecule has 7 rings (SSSR count). The number of rotatable bonds is 8. The lowest BCUT2D eigenvalue weighted by Gasteiger charge is -2.40. The zero-order valence-corrected chi connectivity index (χ0v) is 25.5. The molecule has 1 aromatic carbocycles. The van der Waals surface area contributed by atoms with Crippen LogP contribution in [-0.4, -0.2) is 95.0 Å². The molecule has 0 spiro atoms. The first kappa shape index (κ1) is 28.8. The van der Waals surface area contributed by atoms with Crippen LogP contribution >= 0.6 is 0 Å². The molecule has 10 nitrogen and oxygen atoms in total. The van der Waals surface area contributed by atoms with Crippen LogP contribution in [0.5, 0.6) is 5.75 Å². The van der Waals surface area contributed by atoms with Gasteiger partial charge in [-0.1, -0.05) is 18.2 Å². The lowest BCUT2D eigenvalue weighted by atomic mass is 9.90. The van der Waals surface area contributed by atoms with Gasteiger partial charge in [0.15, 0.2) is 0 Å². The van der Waals surface area contributed by atoms with E-state index in [1.165, 1.54) is 28.8 Å². The number of nitrogens with two attached hydrogens (primary N) is 1. The highest BCUT2D eigenvalue weighted by Crippen LogP contribution is 2.41. The first-order chi connectivity index (χ1) is 21.2. The van der Waals surface area contributed by atoms with Gasteiger partial charge in [-0.2, -0.15) is 5.10 Å². The lowest BCUT2D eigenvalue weighted by Crippen LogP contribution is -2.50. The molecule has 1 aliphatic carbocycles. The van der Waals surface area contributed by atoms with Gasteiger partial charge in [0.1, 0.15) is 29.7 Å². The first-order valence-electron chi connectivity index (χ1n) is 15.4. The maximum atomic E-state index is 14.3. The van der Waals surface area contributed by atoms with Crippen molar-refractivity contribution in [2.45, 2.75) is 50.9 Å². The van der Waals surface area contributed by atoms with Crippen LogP contribution in [0.25, 0.3) is 27.8 Å². The van der Waals surface area contributed by atoms with E-state index in [0.717, 1.165) is 34.4 Å². The third-order valence-electron chi connectivity index (χ3n) is 9.39. The van der Waals surface area contributed by atoms with Crippen LogP contribution in [0, 0.1) is 12.8 Å². The van der Waals surface area contributed by atoms with Crippen molar-refractivity contribution in [2.75, 3.05) is 47.0 Å². The number of para-hydroxylation sites is 1. The van der Waals surface area contributed by atoms with Crippen molar-refractivity contribution in [3.05, 3.63) is 53.2 Å². The molecule has 2 aliphatic heterocycles. The van der Waals surface area contributed by atoms with E-state index in [0.29, 0.717) is 36.9 Å². The summed E-state index contributed by atoms with van der Waals surface area (Å²) in [6.07, 6.45) is 3.23. The zero-order valence-electron chi connectivity index (χ0n) is 25.5. The van der Waals surface area contributed by atoms with Crippen molar-refractivity contribution >= 4 is 28.2 Å². The number of methoxy groups -OCH3 is 2. The highest BCUT2D eigenvalue weighted by molar-refractivity contribution is 5.96. The summed E-state index contributed by atoms with van der Waals surface area (Å²) in [6.45, 7) is 4.72. The summed E-state index contributed by atoms with van der Waals surface area (Å²) < 4.78 is 29.2. The monoisotopic (exact) mass is 602 g/mol. The van der Waals surface area contributed by atoms with Crippen LogP contribution in [-0.2, 0) is 16.1 Å². The molecule has 2 amide bonds. The molecule has 3 fully saturated rings. The number of piperidine rings is 1. The minimum absolute atomic E-state index is 0.0183. The Kier molecular flexibility index (Phi) is 7.32. The van der Waals surface area contributed by atoms with E-state index in [9.17, 15) is 14.0 Å².